The van der Waals surface area contributed by atoms with Crippen molar-refractivity contribution >= 4 is 46.9 Å². The van der Waals surface area contributed by atoms with Crippen LogP contribution in [-0.2, 0) is 40.3 Å². The lowest BCUT2D eigenvalue weighted by molar-refractivity contribution is 0.221. The van der Waals surface area contributed by atoms with E-state index in [1.807, 2.05) is 0 Å². The molecule has 0 saturated heterocycles. The van der Waals surface area contributed by atoms with E-state index in [9.17, 15) is 27.4 Å². The number of rotatable bonds is 6. The van der Waals surface area contributed by atoms with Crippen LogP contribution in [0.1, 0.15) is 0 Å². The van der Waals surface area contributed by atoms with E-state index in [1.165, 1.54) is 0 Å². The lowest BCUT2D eigenvalue weighted by Gasteiger charge is -2.03. The molecule has 0 heterocycles. The summed E-state index contributed by atoms with van der Waals surface area (Å²) < 4.78 is 66.6. The summed E-state index contributed by atoms with van der Waals surface area (Å²) in [6.45, 7) is 0. The molecular weight excluding hydrogens is 578 g/mol. The Hall–Kier alpha value is 0.620. The van der Waals surface area contributed by atoms with Gasteiger partial charge in [-0.1, -0.05) is 0 Å². The van der Waals surface area contributed by atoms with Gasteiger partial charge in [-0.2, -0.15) is 12.9 Å². The summed E-state index contributed by atoms with van der Waals surface area (Å²) in [4.78, 5) is 93.0. The van der Waals surface area contributed by atoms with Gasteiger partial charge in [-0.05, 0) is 0 Å². The zero-order chi connectivity index (χ0) is 23.1. The van der Waals surface area contributed by atoms with E-state index in [0.29, 0.717) is 0 Å². The maximum atomic E-state index is 9.63. The van der Waals surface area contributed by atoms with E-state index in [4.69, 9.17) is 58.7 Å². The highest BCUT2D eigenvalue weighted by Gasteiger charge is 2.29. The fourth-order valence-corrected chi connectivity index (χ4v) is 3.74. The van der Waals surface area contributed by atoms with Crippen LogP contribution in [0.5, 0.6) is 0 Å². The van der Waals surface area contributed by atoms with Crippen LogP contribution in [0.4, 0.5) is 0 Å². The van der Waals surface area contributed by atoms with E-state index >= 15 is 0 Å². The Balaban J connectivity index is -0.0000000524. The van der Waals surface area contributed by atoms with Gasteiger partial charge in [0.2, 0.25) is 0 Å². The SMILES string of the molecule is N.N.N.N.O=P(O)(O)OP(=O)(O)O.O=P(O)(O)OP(=O)(O)O.O=P(O)(O)OP(=O)(O)O. The predicted octanol–water partition coefficient (Wildman–Crippen LogP) is -1.79. The highest BCUT2D eigenvalue weighted by atomic mass is 31.3. The smallest absolute Gasteiger partial charge is 0.344 e. The molecule has 0 atom stereocenters. The molecule has 31 heavy (non-hydrogen) atoms. The van der Waals surface area contributed by atoms with Crippen molar-refractivity contribution in [2.24, 2.45) is 0 Å². The molecule has 0 spiro atoms. The van der Waals surface area contributed by atoms with Crippen LogP contribution in [0, 0.1) is 0 Å². The molecule has 0 radical (unpaired) electrons. The minimum atomic E-state index is -5.05. The van der Waals surface area contributed by atoms with Crippen LogP contribution in [0.2, 0.25) is 0 Å². The van der Waals surface area contributed by atoms with Gasteiger partial charge >= 0.3 is 46.9 Å². The van der Waals surface area contributed by atoms with Gasteiger partial charge < -0.3 is 83.3 Å². The van der Waals surface area contributed by atoms with Gasteiger partial charge in [0.05, 0.1) is 0 Å². The van der Waals surface area contributed by atoms with Crippen LogP contribution in [0.3, 0.4) is 0 Å². The third-order valence-electron chi connectivity index (χ3n) is 0.638. The molecule has 31 heteroatoms. The molecule has 0 bridgehead atoms. The average Bonchev–Trinajstić information content (AvgIpc) is 1.96. The summed E-state index contributed by atoms with van der Waals surface area (Å²) in [6.07, 6.45) is 0. The van der Waals surface area contributed by atoms with Crippen molar-refractivity contribution in [2.45, 2.75) is 0 Å². The van der Waals surface area contributed by atoms with Crippen LogP contribution < -0.4 is 24.6 Å². The first-order chi connectivity index (χ1) is 11.1. The molecule has 0 unspecified atom stereocenters. The highest BCUT2D eigenvalue weighted by molar-refractivity contribution is 7.61. The Kier molecular flexibility index (Phi) is 27.0. The second-order valence-electron chi connectivity index (χ2n) is 3.19. The second kappa shape index (κ2) is 17.1. The van der Waals surface area contributed by atoms with Crippen molar-refractivity contribution in [3.63, 3.8) is 0 Å². The third kappa shape index (κ3) is 72.3. The topological polar surface area (TPSA) is 513 Å². The molecule has 0 rings (SSSR count). The lowest BCUT2D eigenvalue weighted by atomic mass is 14.0. The first-order valence-electron chi connectivity index (χ1n) is 4.59. The largest absolute Gasteiger partial charge is 0.478 e. The number of phosphoric acid groups is 6. The standard InChI is InChI=1S/4H3N.3H4O7P2/c;;;;3*1-8(2,3)7-9(4,5)6/h4*1H3;3*(H2,1,2,3)(H2,4,5,6). The lowest BCUT2D eigenvalue weighted by Crippen LogP contribution is -1.84. The molecule has 200 valence electrons. The fourth-order valence-electron chi connectivity index (χ4n) is 0.416. The Bertz CT molecular complexity index is 559. The summed E-state index contributed by atoms with van der Waals surface area (Å²) in [5, 5.41) is 0. The summed E-state index contributed by atoms with van der Waals surface area (Å²) in [7, 11) is -30.3. The minimum absolute atomic E-state index is 0. The van der Waals surface area contributed by atoms with Crippen LogP contribution in [-0.4, -0.2) is 58.7 Å². The van der Waals surface area contributed by atoms with E-state index in [2.05, 4.69) is 12.9 Å². The van der Waals surface area contributed by atoms with Crippen molar-refractivity contribution in [1.29, 1.82) is 0 Å². The Morgan fingerprint density at radius 2 is 0.355 bits per heavy atom. The monoisotopic (exact) mass is 602 g/mol. The molecule has 0 aromatic heterocycles. The van der Waals surface area contributed by atoms with Crippen molar-refractivity contribution in [3.05, 3.63) is 0 Å². The summed E-state index contributed by atoms with van der Waals surface area (Å²) in [5.41, 5.74) is 0. The van der Waals surface area contributed by atoms with Crippen molar-refractivity contribution in [3.8, 4) is 0 Å². The zero-order valence-corrected chi connectivity index (χ0v) is 19.9. The summed E-state index contributed by atoms with van der Waals surface area (Å²) in [5.74, 6) is 0. The highest BCUT2D eigenvalue weighted by Crippen LogP contribution is 2.55. The number of hydrogen-bond acceptors (Lipinski definition) is 13. The van der Waals surface area contributed by atoms with Gasteiger partial charge in [-0.15, -0.1) is 0 Å². The molecule has 0 fully saturated rings. The summed E-state index contributed by atoms with van der Waals surface area (Å²) in [6, 6.07) is 0. The Morgan fingerprint density at radius 1 is 0.290 bits per heavy atom. The van der Waals surface area contributed by atoms with Gasteiger partial charge in [0.1, 0.15) is 0 Å². The van der Waals surface area contributed by atoms with Crippen molar-refractivity contribution in [2.75, 3.05) is 0 Å². The molecular formula is H24N4O21P6. The fraction of sp³-hybridized carbons (Fsp3) is 0. The van der Waals surface area contributed by atoms with Crippen molar-refractivity contribution in [1.82, 2.24) is 24.6 Å². The maximum absolute atomic E-state index is 9.63. The van der Waals surface area contributed by atoms with Crippen LogP contribution in [0.25, 0.3) is 0 Å². The maximum Gasteiger partial charge on any atom is 0.478 e. The zero-order valence-electron chi connectivity index (χ0n) is 14.6. The molecule has 0 aliphatic carbocycles. The van der Waals surface area contributed by atoms with Gasteiger partial charge in [-0.25, -0.2) is 27.4 Å². The second-order valence-corrected chi connectivity index (χ2v) is 11.0. The average molecular weight is 602 g/mol. The minimum Gasteiger partial charge on any atom is -0.344 e. The molecule has 25 nitrogen and oxygen atoms in total. The summed E-state index contributed by atoms with van der Waals surface area (Å²) >= 11 is 0. The Morgan fingerprint density at radius 3 is 0.355 bits per heavy atom. The number of hydrogen-bond donors (Lipinski definition) is 16. The van der Waals surface area contributed by atoms with E-state index in [0.717, 1.165) is 0 Å². The molecule has 0 amide bonds. The molecule has 0 aromatic carbocycles. The molecule has 0 aliphatic rings. The normalized spacial score (nSPS) is 12.0. The van der Waals surface area contributed by atoms with Gasteiger partial charge in [0, 0.05) is 0 Å². The Labute approximate surface area is 171 Å². The predicted molar refractivity (Wildman–Crippen MR) is 95.6 cm³/mol. The molecule has 0 aromatic rings. The van der Waals surface area contributed by atoms with E-state index in [1.54, 1.807) is 0 Å². The van der Waals surface area contributed by atoms with Gasteiger partial charge in [0.25, 0.3) is 0 Å². The van der Waals surface area contributed by atoms with E-state index in [-0.39, 0.29) is 24.6 Å². The van der Waals surface area contributed by atoms with Crippen molar-refractivity contribution < 1.29 is 99.0 Å². The van der Waals surface area contributed by atoms with Gasteiger partial charge in [0.15, 0.2) is 0 Å². The molecule has 0 saturated carbocycles. The van der Waals surface area contributed by atoms with E-state index < -0.39 is 46.9 Å². The third-order valence-corrected chi connectivity index (χ3v) is 5.74. The molecule has 0 aliphatic heterocycles. The first kappa shape index (κ1) is 48.9. The van der Waals surface area contributed by atoms with Gasteiger partial charge in [-0.3, -0.25) is 0 Å². The first-order valence-corrected chi connectivity index (χ1v) is 13.8. The van der Waals surface area contributed by atoms with Crippen LogP contribution >= 0.6 is 46.9 Å². The van der Waals surface area contributed by atoms with Crippen LogP contribution in [0.15, 0.2) is 0 Å². The quantitative estimate of drug-likeness (QED) is 0.149. The molecule has 24 N–H and O–H groups in total.